The Kier molecular flexibility index (Phi) is 8.17. The van der Waals surface area contributed by atoms with Gasteiger partial charge in [0.1, 0.15) is 6.04 Å². The van der Waals surface area contributed by atoms with Crippen molar-refractivity contribution in [1.82, 2.24) is 9.62 Å². The molecule has 1 fully saturated rings. The zero-order chi connectivity index (χ0) is 15.4. The molecule has 1 aliphatic rings. The molecule has 6 nitrogen and oxygen atoms in total. The summed E-state index contributed by atoms with van der Waals surface area (Å²) in [6.45, 7) is 6.24. The van der Waals surface area contributed by atoms with Crippen LogP contribution in [0.15, 0.2) is 0 Å². The van der Waals surface area contributed by atoms with Gasteiger partial charge in [0.15, 0.2) is 0 Å². The monoisotopic (exact) mass is 341 g/mol. The Balaban J connectivity index is 0.00000400. The van der Waals surface area contributed by atoms with Gasteiger partial charge in [0, 0.05) is 18.6 Å². The third-order valence-electron chi connectivity index (χ3n) is 3.29. The minimum Gasteiger partial charge on any atom is -0.353 e. The van der Waals surface area contributed by atoms with Gasteiger partial charge in [-0.05, 0) is 33.1 Å². The molecule has 1 amide bonds. The molecule has 1 heterocycles. The molecule has 0 bridgehead atoms. The first-order chi connectivity index (χ1) is 9.17. The highest BCUT2D eigenvalue weighted by Gasteiger charge is 2.36. The number of halogens is 1. The highest BCUT2D eigenvalue weighted by atomic mass is 35.5. The second-order valence-electron chi connectivity index (χ2n) is 6.14. The van der Waals surface area contributed by atoms with Crippen molar-refractivity contribution in [1.29, 1.82) is 0 Å². The standard InChI is InChI=1S/C13H27N3O3S.ClH/c1-4-9-20(18,19)16-8-6-5-7-11(16)12(17)15-10-13(2,3)14;/h11H,4-10,14H2,1-3H3,(H,15,17);1H. The van der Waals surface area contributed by atoms with Crippen LogP contribution in [0.5, 0.6) is 0 Å². The van der Waals surface area contributed by atoms with Gasteiger partial charge in [-0.2, -0.15) is 4.31 Å². The zero-order valence-corrected chi connectivity index (χ0v) is 14.7. The fourth-order valence-corrected chi connectivity index (χ4v) is 4.05. The van der Waals surface area contributed by atoms with E-state index >= 15 is 0 Å². The number of nitrogens with two attached hydrogens (primary N) is 1. The minimum atomic E-state index is -3.34. The number of nitrogens with one attached hydrogen (secondary N) is 1. The van der Waals surface area contributed by atoms with Gasteiger partial charge in [0.05, 0.1) is 5.75 Å². The van der Waals surface area contributed by atoms with Crippen molar-refractivity contribution in [2.45, 2.75) is 58.0 Å². The molecule has 1 rings (SSSR count). The summed E-state index contributed by atoms with van der Waals surface area (Å²) in [5, 5.41) is 2.77. The maximum Gasteiger partial charge on any atom is 0.238 e. The number of carbonyl (C=O) groups is 1. The zero-order valence-electron chi connectivity index (χ0n) is 13.1. The second-order valence-corrected chi connectivity index (χ2v) is 8.19. The van der Waals surface area contributed by atoms with Gasteiger partial charge >= 0.3 is 0 Å². The summed E-state index contributed by atoms with van der Waals surface area (Å²) < 4.78 is 25.8. The van der Waals surface area contributed by atoms with Gasteiger partial charge in [-0.15, -0.1) is 12.4 Å². The van der Waals surface area contributed by atoms with E-state index in [0.717, 1.165) is 12.8 Å². The van der Waals surface area contributed by atoms with Gasteiger partial charge in [0.25, 0.3) is 0 Å². The largest absolute Gasteiger partial charge is 0.353 e. The Labute approximate surface area is 134 Å². The average Bonchev–Trinajstić information content (AvgIpc) is 2.35. The number of piperidine rings is 1. The second kappa shape index (κ2) is 8.31. The van der Waals surface area contributed by atoms with Crippen molar-refractivity contribution in [3.05, 3.63) is 0 Å². The van der Waals surface area contributed by atoms with E-state index in [1.807, 2.05) is 20.8 Å². The lowest BCUT2D eigenvalue weighted by Gasteiger charge is -2.34. The van der Waals surface area contributed by atoms with Crippen LogP contribution in [0.4, 0.5) is 0 Å². The van der Waals surface area contributed by atoms with Crippen LogP contribution in [0, 0.1) is 0 Å². The predicted molar refractivity (Wildman–Crippen MR) is 86.9 cm³/mol. The Bertz CT molecular complexity index is 434. The molecule has 0 aromatic heterocycles. The van der Waals surface area contributed by atoms with Gasteiger partial charge in [-0.1, -0.05) is 13.3 Å². The van der Waals surface area contributed by atoms with E-state index in [-0.39, 0.29) is 24.1 Å². The molecule has 21 heavy (non-hydrogen) atoms. The fraction of sp³-hybridized carbons (Fsp3) is 0.923. The Hall–Kier alpha value is -0.370. The Morgan fingerprint density at radius 1 is 1.38 bits per heavy atom. The number of sulfonamides is 1. The molecule has 1 saturated heterocycles. The normalized spacial score (nSPS) is 20.7. The van der Waals surface area contributed by atoms with E-state index in [1.165, 1.54) is 4.31 Å². The first kappa shape index (κ1) is 20.6. The summed E-state index contributed by atoms with van der Waals surface area (Å²) in [5.74, 6) is -0.137. The van der Waals surface area contributed by atoms with Crippen LogP contribution in [0.1, 0.15) is 46.5 Å². The van der Waals surface area contributed by atoms with Gasteiger partial charge in [0.2, 0.25) is 15.9 Å². The summed E-state index contributed by atoms with van der Waals surface area (Å²) in [5.41, 5.74) is 5.33. The van der Waals surface area contributed by atoms with E-state index in [4.69, 9.17) is 5.73 Å². The predicted octanol–water partition coefficient (Wildman–Crippen LogP) is 0.856. The van der Waals surface area contributed by atoms with Gasteiger partial charge < -0.3 is 11.1 Å². The van der Waals surface area contributed by atoms with Gasteiger partial charge in [-0.3, -0.25) is 4.79 Å². The quantitative estimate of drug-likeness (QED) is 0.749. The average molecular weight is 342 g/mol. The highest BCUT2D eigenvalue weighted by molar-refractivity contribution is 7.89. The lowest BCUT2D eigenvalue weighted by atomic mass is 10.0. The van der Waals surface area contributed by atoms with E-state index in [9.17, 15) is 13.2 Å². The van der Waals surface area contributed by atoms with Crippen LogP contribution >= 0.6 is 12.4 Å². The van der Waals surface area contributed by atoms with Gasteiger partial charge in [-0.25, -0.2) is 8.42 Å². The lowest BCUT2D eigenvalue weighted by molar-refractivity contribution is -0.125. The molecule has 1 unspecified atom stereocenters. The van der Waals surface area contributed by atoms with Crippen molar-refractivity contribution in [3.8, 4) is 0 Å². The Morgan fingerprint density at radius 2 is 2.00 bits per heavy atom. The van der Waals surface area contributed by atoms with Crippen LogP contribution in [0.25, 0.3) is 0 Å². The number of carbonyl (C=O) groups excluding carboxylic acids is 1. The minimum absolute atomic E-state index is 0. The summed E-state index contributed by atoms with van der Waals surface area (Å²) in [7, 11) is -3.34. The molecular weight excluding hydrogens is 314 g/mol. The molecule has 0 spiro atoms. The SMILES string of the molecule is CCCS(=O)(=O)N1CCCCC1C(=O)NCC(C)(C)N.Cl. The number of rotatable bonds is 6. The summed E-state index contributed by atoms with van der Waals surface area (Å²) in [6, 6.07) is -0.581. The highest BCUT2D eigenvalue weighted by Crippen LogP contribution is 2.21. The molecule has 0 radical (unpaired) electrons. The molecule has 0 aliphatic carbocycles. The topological polar surface area (TPSA) is 92.5 Å². The molecule has 1 atom stereocenters. The third kappa shape index (κ3) is 6.50. The smallest absolute Gasteiger partial charge is 0.238 e. The van der Waals surface area contributed by atoms with Crippen LogP contribution in [-0.2, 0) is 14.8 Å². The molecule has 0 aromatic carbocycles. The van der Waals surface area contributed by atoms with E-state index in [0.29, 0.717) is 25.9 Å². The summed E-state index contributed by atoms with van der Waals surface area (Å²) in [6.07, 6.45) is 2.83. The number of amides is 1. The number of hydrogen-bond acceptors (Lipinski definition) is 4. The first-order valence-corrected chi connectivity index (χ1v) is 8.84. The summed E-state index contributed by atoms with van der Waals surface area (Å²) in [4.78, 5) is 12.2. The van der Waals surface area contributed by atoms with Crippen molar-refractivity contribution >= 4 is 28.3 Å². The number of hydrogen-bond donors (Lipinski definition) is 2. The van der Waals surface area contributed by atoms with Crippen molar-refractivity contribution < 1.29 is 13.2 Å². The van der Waals surface area contributed by atoms with Crippen molar-refractivity contribution in [3.63, 3.8) is 0 Å². The molecule has 8 heteroatoms. The molecule has 0 saturated carbocycles. The van der Waals surface area contributed by atoms with Crippen LogP contribution in [0.2, 0.25) is 0 Å². The van der Waals surface area contributed by atoms with Crippen LogP contribution in [-0.4, -0.2) is 49.1 Å². The molecule has 126 valence electrons. The number of nitrogens with zero attached hydrogens (tertiary/aromatic N) is 1. The first-order valence-electron chi connectivity index (χ1n) is 7.23. The molecule has 0 aromatic rings. The third-order valence-corrected chi connectivity index (χ3v) is 5.37. The molecular formula is C13H28ClN3O3S. The summed E-state index contributed by atoms with van der Waals surface area (Å²) >= 11 is 0. The van der Waals surface area contributed by atoms with Crippen LogP contribution < -0.4 is 11.1 Å². The van der Waals surface area contributed by atoms with E-state index in [1.54, 1.807) is 0 Å². The van der Waals surface area contributed by atoms with E-state index < -0.39 is 21.6 Å². The molecule has 1 aliphatic heterocycles. The van der Waals surface area contributed by atoms with Crippen molar-refractivity contribution in [2.24, 2.45) is 5.73 Å². The van der Waals surface area contributed by atoms with E-state index in [2.05, 4.69) is 5.32 Å². The lowest BCUT2D eigenvalue weighted by Crippen LogP contribution is -2.55. The van der Waals surface area contributed by atoms with Crippen LogP contribution in [0.3, 0.4) is 0 Å². The maximum absolute atomic E-state index is 12.2. The Morgan fingerprint density at radius 3 is 2.52 bits per heavy atom. The fourth-order valence-electron chi connectivity index (χ4n) is 2.31. The maximum atomic E-state index is 12.2. The molecule has 3 N–H and O–H groups in total. The van der Waals surface area contributed by atoms with Crippen molar-refractivity contribution in [2.75, 3.05) is 18.8 Å².